The molecule has 0 heterocycles. The fourth-order valence-corrected chi connectivity index (χ4v) is 0.204. The van der Waals surface area contributed by atoms with Gasteiger partial charge in [-0.25, -0.2) is 5.26 Å². The largest absolute Gasteiger partial charge is 0.762 e. The molecule has 0 saturated heterocycles. The predicted octanol–water partition coefficient (Wildman–Crippen LogP) is 1.56. The van der Waals surface area contributed by atoms with Gasteiger partial charge in [-0.15, -0.1) is 0 Å². The number of hydrogen-bond donors (Lipinski definition) is 0. The molecule has 0 aromatic rings. The van der Waals surface area contributed by atoms with E-state index in [0.29, 0.717) is 0 Å². The summed E-state index contributed by atoms with van der Waals surface area (Å²) in [5.41, 5.74) is 0. The van der Waals surface area contributed by atoms with Gasteiger partial charge in [0.25, 0.3) is 0 Å². The third kappa shape index (κ3) is 350. The van der Waals surface area contributed by atoms with Crippen LogP contribution in [0.2, 0.25) is 0 Å². The molecule has 0 saturated carbocycles. The first-order chi connectivity index (χ1) is 5.56. The van der Waals surface area contributed by atoms with Crippen LogP contribution in [0.4, 0.5) is 12.9 Å². The minimum atomic E-state index is -3.67. The maximum atomic E-state index is 9.67. The lowest BCUT2D eigenvalue weighted by Crippen LogP contribution is -1.84. The monoisotopic (exact) mass is 179 g/mol. The van der Waals surface area contributed by atoms with E-state index in [4.69, 9.17) is 10.00 Å². The summed E-state index contributed by atoms with van der Waals surface area (Å²) in [6.45, 7) is 5.67. The van der Waals surface area contributed by atoms with Crippen molar-refractivity contribution in [1.29, 1.82) is 5.26 Å². The summed E-state index contributed by atoms with van der Waals surface area (Å²) in [7, 11) is 0.486. The van der Waals surface area contributed by atoms with E-state index in [9.17, 15) is 12.9 Å². The van der Waals surface area contributed by atoms with Gasteiger partial charge in [0.1, 0.15) is 0 Å². The average molecular weight is 179 g/mol. The van der Waals surface area contributed by atoms with Gasteiger partial charge in [0.2, 0.25) is 7.85 Å². The summed E-state index contributed by atoms with van der Waals surface area (Å²) in [5, 5.41) is 7.10. The molecule has 7 heteroatoms. The number of rotatable bonds is 2. The van der Waals surface area contributed by atoms with Crippen LogP contribution in [0.5, 0.6) is 0 Å². The summed E-state index contributed by atoms with van der Waals surface area (Å²) < 4.78 is 33.8. The molecule has 0 N–H and O–H groups in total. The highest BCUT2D eigenvalue weighted by Gasteiger charge is 2.06. The molecular weight excluding hydrogens is 169 g/mol. The van der Waals surface area contributed by atoms with Crippen LogP contribution >= 0.6 is 0 Å². The summed E-state index contributed by atoms with van der Waals surface area (Å²) in [5.74, 6) is 1.25. The summed E-state index contributed by atoms with van der Waals surface area (Å²) >= 11 is 0. The first kappa shape index (κ1) is 17.5. The van der Waals surface area contributed by atoms with E-state index < -0.39 is 7.54 Å². The molecule has 0 aliphatic carbocycles. The Labute approximate surface area is 72.3 Å². The maximum Gasteiger partial charge on any atom is 0.762 e. The van der Waals surface area contributed by atoms with E-state index in [1.165, 1.54) is 5.97 Å². The third-order valence-corrected chi connectivity index (χ3v) is 0.408. The van der Waals surface area contributed by atoms with Crippen molar-refractivity contribution in [3.8, 4) is 5.97 Å². The second kappa shape index (κ2) is 22.4. The van der Waals surface area contributed by atoms with E-state index >= 15 is 0 Å². The Hall–Kier alpha value is -0.630. The lowest BCUT2D eigenvalue weighted by atomic mass is 10.2. The van der Waals surface area contributed by atoms with Crippen LogP contribution in [0.15, 0.2) is 0 Å². The Bertz CT molecular complexity index is 94.4. The molecular formula is C5H10B2F3NO. The smallest absolute Gasteiger partial charge is 0.382 e. The first-order valence-electron chi connectivity index (χ1n) is 3.16. The molecule has 0 atom stereocenters. The van der Waals surface area contributed by atoms with Crippen LogP contribution in [0, 0.1) is 11.2 Å². The van der Waals surface area contributed by atoms with E-state index in [2.05, 4.69) is 7.85 Å². The Morgan fingerprint density at radius 2 is 1.50 bits per heavy atom. The Balaban J connectivity index is -0.000000105. The van der Waals surface area contributed by atoms with Crippen LogP contribution in [0.3, 0.4) is 0 Å². The molecule has 68 valence electrons. The van der Waals surface area contributed by atoms with Crippen molar-refractivity contribution < 1.29 is 17.7 Å². The fraction of sp³-hybridized carbons (Fsp3) is 0.800. The SMILES string of the molecule is CCOCC.FB(F)F.[B]C#N. The van der Waals surface area contributed by atoms with Gasteiger partial charge in [0, 0.05) is 13.2 Å². The molecule has 0 amide bonds. The molecule has 0 fully saturated rings. The third-order valence-electron chi connectivity index (χ3n) is 0.408. The quantitative estimate of drug-likeness (QED) is 0.602. The molecule has 0 aliphatic heterocycles. The van der Waals surface area contributed by atoms with Crippen molar-refractivity contribution in [1.82, 2.24) is 0 Å². The fourth-order valence-electron chi connectivity index (χ4n) is 0.204. The first-order valence-corrected chi connectivity index (χ1v) is 3.16. The summed E-state index contributed by atoms with van der Waals surface area (Å²) in [4.78, 5) is 0. The lowest BCUT2D eigenvalue weighted by molar-refractivity contribution is 0.162. The van der Waals surface area contributed by atoms with E-state index in [0.717, 1.165) is 13.2 Å². The van der Waals surface area contributed by atoms with Crippen LogP contribution in [0.25, 0.3) is 0 Å². The molecule has 2 radical (unpaired) electrons. The molecule has 0 unspecified atom stereocenters. The van der Waals surface area contributed by atoms with Crippen LogP contribution in [-0.4, -0.2) is 28.6 Å². The van der Waals surface area contributed by atoms with Crippen molar-refractivity contribution in [2.24, 2.45) is 0 Å². The zero-order valence-corrected chi connectivity index (χ0v) is 7.06. The van der Waals surface area contributed by atoms with Crippen molar-refractivity contribution in [3.63, 3.8) is 0 Å². The van der Waals surface area contributed by atoms with Gasteiger partial charge in [-0.2, -0.15) is 0 Å². The van der Waals surface area contributed by atoms with Crippen LogP contribution in [-0.2, 0) is 4.74 Å². The van der Waals surface area contributed by atoms with Gasteiger partial charge in [-0.05, 0) is 19.8 Å². The summed E-state index contributed by atoms with van der Waals surface area (Å²) in [6.07, 6.45) is 0. The highest BCUT2D eigenvalue weighted by atomic mass is 19.4. The number of halogens is 3. The van der Waals surface area contributed by atoms with Gasteiger partial charge >= 0.3 is 7.54 Å². The van der Waals surface area contributed by atoms with Crippen molar-refractivity contribution in [2.45, 2.75) is 13.8 Å². The zero-order valence-electron chi connectivity index (χ0n) is 7.06. The molecule has 0 spiro atoms. The molecule has 12 heavy (non-hydrogen) atoms. The minimum absolute atomic E-state index is 0.844. The Morgan fingerprint density at radius 1 is 1.33 bits per heavy atom. The van der Waals surface area contributed by atoms with Crippen LogP contribution in [0.1, 0.15) is 13.8 Å². The highest BCUT2D eigenvalue weighted by molar-refractivity contribution is 6.33. The van der Waals surface area contributed by atoms with Crippen molar-refractivity contribution in [2.75, 3.05) is 13.2 Å². The molecule has 0 aromatic heterocycles. The normalized spacial score (nSPS) is 6.33. The van der Waals surface area contributed by atoms with Gasteiger partial charge in [-0.1, -0.05) is 0 Å². The molecule has 0 bridgehead atoms. The van der Waals surface area contributed by atoms with Gasteiger partial charge < -0.3 is 4.74 Å². The molecule has 0 aliphatic rings. The topological polar surface area (TPSA) is 33.0 Å². The lowest BCUT2D eigenvalue weighted by Gasteiger charge is -1.86. The minimum Gasteiger partial charge on any atom is -0.382 e. The predicted molar refractivity (Wildman–Crippen MR) is 42.6 cm³/mol. The number of ether oxygens (including phenoxy) is 1. The zero-order chi connectivity index (χ0) is 10.4. The highest BCUT2D eigenvalue weighted by Crippen LogP contribution is 1.80. The number of hydrogen-bond acceptors (Lipinski definition) is 2. The number of nitrogens with zero attached hydrogens (tertiary/aromatic N) is 1. The summed E-state index contributed by atoms with van der Waals surface area (Å²) in [6, 6.07) is 0. The van der Waals surface area contributed by atoms with E-state index in [1.54, 1.807) is 0 Å². The number of nitriles is 1. The Morgan fingerprint density at radius 3 is 1.50 bits per heavy atom. The van der Waals surface area contributed by atoms with E-state index in [1.807, 2.05) is 13.8 Å². The van der Waals surface area contributed by atoms with Gasteiger partial charge in [0.15, 0.2) is 0 Å². The second-order valence-corrected chi connectivity index (χ2v) is 1.16. The average Bonchev–Trinajstić information content (AvgIpc) is 1.89. The second-order valence-electron chi connectivity index (χ2n) is 1.16. The maximum absolute atomic E-state index is 9.67. The van der Waals surface area contributed by atoms with Gasteiger partial charge in [-0.3, -0.25) is 12.9 Å². The Kier molecular flexibility index (Phi) is 32.6. The standard InChI is InChI=1S/C4H10O.CBN.BF3/c1-3-5-4-2;2-1-3;2-1(3)4/h3-4H2,1-2H3;;. The van der Waals surface area contributed by atoms with E-state index in [-0.39, 0.29) is 0 Å². The van der Waals surface area contributed by atoms with Gasteiger partial charge in [0.05, 0.1) is 0 Å². The van der Waals surface area contributed by atoms with Crippen molar-refractivity contribution >= 4 is 15.4 Å². The molecule has 0 rings (SSSR count). The van der Waals surface area contributed by atoms with Crippen LogP contribution < -0.4 is 0 Å². The molecule has 0 aromatic carbocycles. The van der Waals surface area contributed by atoms with Crippen molar-refractivity contribution in [3.05, 3.63) is 0 Å². The molecule has 2 nitrogen and oxygen atoms in total.